The molecular weight excluding hydrogens is 769 g/mol. The minimum Gasteiger partial charge on any atom is -0.457 e. The third-order valence-corrected chi connectivity index (χ3v) is 12.1. The van der Waals surface area contributed by atoms with E-state index >= 15 is 0 Å². The summed E-state index contributed by atoms with van der Waals surface area (Å²) in [6.45, 7) is 7.18. The zero-order valence-corrected chi connectivity index (χ0v) is 35.5. The van der Waals surface area contributed by atoms with Gasteiger partial charge in [-0.05, 0) is 87.8 Å². The lowest BCUT2D eigenvalue weighted by Crippen LogP contribution is -2.25. The van der Waals surface area contributed by atoms with Gasteiger partial charge in [0.15, 0.2) is 0 Å². The van der Waals surface area contributed by atoms with Gasteiger partial charge < -0.3 is 14.5 Å². The quantitative estimate of drug-likeness (QED) is 0.153. The lowest BCUT2D eigenvalue weighted by molar-refractivity contribution is 0.483. The van der Waals surface area contributed by atoms with E-state index in [1.165, 1.54) is 5.56 Å². The smallest absolute Gasteiger partial charge is 0.137 e. The summed E-state index contributed by atoms with van der Waals surface area (Å²) in [5, 5.41) is 2.30. The molecular formula is C58H46N4O. The number of hydrogen-bond acceptors (Lipinski definition) is 4. The summed E-state index contributed by atoms with van der Waals surface area (Å²) in [5.41, 5.74) is 13.1. The van der Waals surface area contributed by atoms with Crippen LogP contribution in [0.15, 0.2) is 212 Å². The molecule has 304 valence electrons. The van der Waals surface area contributed by atoms with Gasteiger partial charge in [0, 0.05) is 45.9 Å². The minimum absolute atomic E-state index is 0.0255. The van der Waals surface area contributed by atoms with Crippen LogP contribution in [0.5, 0.6) is 11.5 Å². The molecule has 11 rings (SSSR count). The van der Waals surface area contributed by atoms with Gasteiger partial charge in [0.25, 0.3) is 0 Å². The monoisotopic (exact) mass is 816 g/mol. The van der Waals surface area contributed by atoms with Crippen molar-refractivity contribution in [2.45, 2.75) is 26.2 Å². The van der Waals surface area contributed by atoms with Crippen molar-refractivity contribution in [3.05, 3.63) is 218 Å². The Morgan fingerprint density at radius 2 is 1.14 bits per heavy atom. The van der Waals surface area contributed by atoms with Gasteiger partial charge in [-0.3, -0.25) is 4.57 Å². The Bertz CT molecular complexity index is 3390. The third-order valence-electron chi connectivity index (χ3n) is 12.1. The van der Waals surface area contributed by atoms with Crippen LogP contribution in [0, 0.1) is 0 Å². The Kier molecular flexibility index (Phi) is 8.84. The molecule has 5 nitrogen and oxygen atoms in total. The first kappa shape index (κ1) is 35.8. The van der Waals surface area contributed by atoms with E-state index in [1.54, 1.807) is 18.2 Å². The standard InChI is InChI=1S/C58H46N4O/c1-58(2,3)44-34-35-59-56(36-44)62-52-25-11-10-22-50(52)51-33-32-47(38-55(51)62)63-46-21-14-20-45(37-46)60-39-61(54-27-13-12-26-53(54)60)57-48(42-18-8-5-9-19-42)23-15-24-49(57)43-30-28-41(29-31-43)40-16-6-4-7-17-40/h4-38H,39H2,1-3H3/i18D,19D. The molecule has 0 bridgehead atoms. The molecule has 0 amide bonds. The average Bonchev–Trinajstić information content (AvgIpc) is 3.88. The average molecular weight is 817 g/mol. The van der Waals surface area contributed by atoms with Crippen LogP contribution < -0.4 is 14.5 Å². The first-order valence-electron chi connectivity index (χ1n) is 22.5. The van der Waals surface area contributed by atoms with Gasteiger partial charge in [0.1, 0.15) is 24.0 Å². The molecule has 5 heteroatoms. The Labute approximate surface area is 371 Å². The number of fused-ring (bicyclic) bond motifs is 4. The fourth-order valence-electron chi connectivity index (χ4n) is 9.00. The van der Waals surface area contributed by atoms with E-state index in [1.807, 2.05) is 36.5 Å². The molecule has 0 radical (unpaired) electrons. The van der Waals surface area contributed by atoms with Gasteiger partial charge in [-0.1, -0.05) is 160 Å². The number of nitrogens with zero attached hydrogens (tertiary/aromatic N) is 4. The minimum atomic E-state index is -0.0255. The molecule has 0 aliphatic carbocycles. The maximum Gasteiger partial charge on any atom is 0.137 e. The molecule has 10 aromatic rings. The molecule has 0 saturated carbocycles. The highest BCUT2D eigenvalue weighted by Crippen LogP contribution is 2.50. The number of anilines is 4. The van der Waals surface area contributed by atoms with Gasteiger partial charge in [-0.2, -0.15) is 0 Å². The van der Waals surface area contributed by atoms with Crippen molar-refractivity contribution >= 4 is 44.6 Å². The van der Waals surface area contributed by atoms with E-state index in [4.69, 9.17) is 12.5 Å². The van der Waals surface area contributed by atoms with E-state index in [-0.39, 0.29) is 5.41 Å². The van der Waals surface area contributed by atoms with Crippen LogP contribution in [-0.4, -0.2) is 16.2 Å². The summed E-state index contributed by atoms with van der Waals surface area (Å²) in [6, 6.07) is 67.2. The fraction of sp³-hybridized carbons (Fsp3) is 0.0862. The van der Waals surface area contributed by atoms with E-state index < -0.39 is 0 Å². The van der Waals surface area contributed by atoms with Gasteiger partial charge in [-0.25, -0.2) is 4.98 Å². The number of rotatable bonds is 8. The number of para-hydroxylation sites is 4. The molecule has 0 fully saturated rings. The summed E-state index contributed by atoms with van der Waals surface area (Å²) in [4.78, 5) is 9.52. The molecule has 1 aliphatic heterocycles. The molecule has 0 saturated heterocycles. The van der Waals surface area contributed by atoms with Crippen LogP contribution in [-0.2, 0) is 5.41 Å². The molecule has 0 N–H and O–H groups in total. The maximum atomic E-state index is 9.04. The number of pyridine rings is 1. The molecule has 0 spiro atoms. The van der Waals surface area contributed by atoms with E-state index in [0.29, 0.717) is 24.3 Å². The number of benzene rings is 8. The normalized spacial score (nSPS) is 13.0. The summed E-state index contributed by atoms with van der Waals surface area (Å²) in [6.07, 6.45) is 1.91. The van der Waals surface area contributed by atoms with E-state index in [2.05, 4.69) is 181 Å². The largest absolute Gasteiger partial charge is 0.457 e. The second kappa shape index (κ2) is 15.5. The van der Waals surface area contributed by atoms with Crippen LogP contribution in [0.1, 0.15) is 29.1 Å². The zero-order valence-electron chi connectivity index (χ0n) is 37.5. The number of ether oxygens (including phenoxy) is 1. The van der Waals surface area contributed by atoms with Crippen LogP contribution in [0.3, 0.4) is 0 Å². The second-order valence-corrected chi connectivity index (χ2v) is 17.1. The SMILES string of the molecule is [2H]c1cccc([2H])c1-c1cccc(-c2ccc(-c3ccccc3)cc2)c1N1CN(c2cccc(Oc3ccc4c5ccccc5n(-c5cc(C(C)(C)C)ccn5)c4c3)c2)c2ccccc21. The highest BCUT2D eigenvalue weighted by atomic mass is 16.5. The molecule has 2 aromatic heterocycles. The van der Waals surface area contributed by atoms with Crippen molar-refractivity contribution < 1.29 is 7.48 Å². The predicted molar refractivity (Wildman–Crippen MR) is 262 cm³/mol. The Morgan fingerprint density at radius 1 is 0.508 bits per heavy atom. The van der Waals surface area contributed by atoms with E-state index in [9.17, 15) is 0 Å². The van der Waals surface area contributed by atoms with Gasteiger partial charge >= 0.3 is 0 Å². The van der Waals surface area contributed by atoms with Crippen molar-refractivity contribution in [3.63, 3.8) is 0 Å². The summed E-state index contributed by atoms with van der Waals surface area (Å²) < 4.78 is 27.1. The van der Waals surface area contributed by atoms with Crippen molar-refractivity contribution in [1.82, 2.24) is 9.55 Å². The van der Waals surface area contributed by atoms with E-state index in [0.717, 1.165) is 89.7 Å². The molecule has 63 heavy (non-hydrogen) atoms. The lowest BCUT2D eigenvalue weighted by Gasteiger charge is -2.27. The molecule has 0 atom stereocenters. The lowest BCUT2D eigenvalue weighted by atomic mass is 9.88. The van der Waals surface area contributed by atoms with Crippen molar-refractivity contribution in [2.75, 3.05) is 16.5 Å². The fourth-order valence-corrected chi connectivity index (χ4v) is 9.00. The molecule has 8 aromatic carbocycles. The van der Waals surface area contributed by atoms with Crippen LogP contribution >= 0.6 is 0 Å². The molecule has 1 aliphatic rings. The highest BCUT2D eigenvalue weighted by molar-refractivity contribution is 6.09. The molecule has 0 unspecified atom stereocenters. The number of hydrogen-bond donors (Lipinski definition) is 0. The Hall–Kier alpha value is -7.89. The first-order chi connectivity index (χ1) is 31.7. The van der Waals surface area contributed by atoms with Crippen molar-refractivity contribution in [1.29, 1.82) is 0 Å². The van der Waals surface area contributed by atoms with Crippen LogP contribution in [0.25, 0.3) is 61.0 Å². The van der Waals surface area contributed by atoms with Gasteiger partial charge in [0.2, 0.25) is 0 Å². The Balaban J connectivity index is 0.981. The first-order valence-corrected chi connectivity index (χ1v) is 21.5. The third kappa shape index (κ3) is 6.98. The molecule has 3 heterocycles. The predicted octanol–water partition coefficient (Wildman–Crippen LogP) is 15.5. The van der Waals surface area contributed by atoms with Crippen LogP contribution in [0.2, 0.25) is 0 Å². The van der Waals surface area contributed by atoms with Crippen molar-refractivity contribution in [3.8, 4) is 50.7 Å². The maximum absolute atomic E-state index is 9.04. The van der Waals surface area contributed by atoms with Crippen LogP contribution in [0.4, 0.5) is 22.7 Å². The zero-order chi connectivity index (χ0) is 44.2. The van der Waals surface area contributed by atoms with Gasteiger partial charge in [0.05, 0.1) is 30.8 Å². The Morgan fingerprint density at radius 3 is 1.94 bits per heavy atom. The second-order valence-electron chi connectivity index (χ2n) is 17.1. The topological polar surface area (TPSA) is 33.5 Å². The van der Waals surface area contributed by atoms with Crippen molar-refractivity contribution in [2.24, 2.45) is 0 Å². The number of aromatic nitrogens is 2. The highest BCUT2D eigenvalue weighted by Gasteiger charge is 2.31. The summed E-state index contributed by atoms with van der Waals surface area (Å²) in [5.74, 6) is 2.32. The van der Waals surface area contributed by atoms with Gasteiger partial charge in [-0.15, -0.1) is 0 Å². The summed E-state index contributed by atoms with van der Waals surface area (Å²) in [7, 11) is 0. The summed E-state index contributed by atoms with van der Waals surface area (Å²) >= 11 is 0.